The molecule has 0 aliphatic carbocycles. The van der Waals surface area contributed by atoms with Crippen molar-refractivity contribution in [2.24, 2.45) is 0 Å². The van der Waals surface area contributed by atoms with Crippen LogP contribution in [-0.4, -0.2) is 29.0 Å². The Bertz CT molecular complexity index is 775. The van der Waals surface area contributed by atoms with Crippen molar-refractivity contribution in [1.29, 1.82) is 0 Å². The van der Waals surface area contributed by atoms with E-state index in [1.807, 2.05) is 0 Å². The van der Waals surface area contributed by atoms with Crippen molar-refractivity contribution in [3.63, 3.8) is 0 Å². The van der Waals surface area contributed by atoms with Gasteiger partial charge >= 0.3 is 12.1 Å². The van der Waals surface area contributed by atoms with Crippen LogP contribution in [0, 0.1) is 5.82 Å². The molecule has 0 amide bonds. The zero-order chi connectivity index (χ0) is 20.0. The topological polar surface area (TPSA) is 66.8 Å². The summed E-state index contributed by atoms with van der Waals surface area (Å²) in [7, 11) is 0. The van der Waals surface area contributed by atoms with E-state index in [1.165, 1.54) is 0 Å². The Hall–Kier alpha value is -2.61. The molecule has 0 spiro atoms. The van der Waals surface area contributed by atoms with Crippen LogP contribution in [0.25, 0.3) is 0 Å². The fraction of sp³-hybridized carbons (Fsp3) is 0.316. The van der Waals surface area contributed by atoms with Crippen LogP contribution >= 0.6 is 0 Å². The number of ether oxygens (including phenoxy) is 1. The standard InChI is InChI=1S/C19H18F4O4/c20-16-10-14(15(6-7-24)19(21,22)23)17(8-13(16)9-18(25)26)27-11-12-4-2-1-3-5-12/h1-5,8,10,15,24H,6-7,9,11H2,(H,25,26). The average Bonchev–Trinajstić information content (AvgIpc) is 2.59. The van der Waals surface area contributed by atoms with Crippen LogP contribution in [-0.2, 0) is 17.8 Å². The van der Waals surface area contributed by atoms with Crippen molar-refractivity contribution in [1.82, 2.24) is 0 Å². The lowest BCUT2D eigenvalue weighted by molar-refractivity contribution is -0.154. The SMILES string of the molecule is O=C(O)Cc1cc(OCc2ccccc2)c(C(CCO)C(F)(F)F)cc1F. The molecule has 27 heavy (non-hydrogen) atoms. The number of hydrogen-bond acceptors (Lipinski definition) is 3. The van der Waals surface area contributed by atoms with E-state index in [9.17, 15) is 22.4 Å². The second-order valence-electron chi connectivity index (χ2n) is 5.93. The van der Waals surface area contributed by atoms with Crippen LogP contribution in [0.15, 0.2) is 42.5 Å². The first-order valence-electron chi connectivity index (χ1n) is 8.10. The largest absolute Gasteiger partial charge is 0.489 e. The second kappa shape index (κ2) is 8.85. The van der Waals surface area contributed by atoms with E-state index < -0.39 is 48.9 Å². The Kier molecular flexibility index (Phi) is 6.79. The van der Waals surface area contributed by atoms with Gasteiger partial charge < -0.3 is 14.9 Å². The number of aliphatic hydroxyl groups excluding tert-OH is 1. The molecule has 0 fully saturated rings. The van der Waals surface area contributed by atoms with E-state index in [1.54, 1.807) is 30.3 Å². The number of benzene rings is 2. The summed E-state index contributed by atoms with van der Waals surface area (Å²) in [6.45, 7) is -0.823. The summed E-state index contributed by atoms with van der Waals surface area (Å²) < 4.78 is 59.9. The number of carboxylic acids is 1. The smallest absolute Gasteiger partial charge is 0.395 e. The van der Waals surface area contributed by atoms with Crippen LogP contribution in [0.4, 0.5) is 17.6 Å². The molecule has 2 aromatic carbocycles. The number of carboxylic acid groups (broad SMARTS) is 1. The predicted molar refractivity (Wildman–Crippen MR) is 89.0 cm³/mol. The molecule has 0 saturated heterocycles. The Balaban J connectivity index is 2.45. The van der Waals surface area contributed by atoms with Crippen LogP contribution in [0.3, 0.4) is 0 Å². The quantitative estimate of drug-likeness (QED) is 0.672. The summed E-state index contributed by atoms with van der Waals surface area (Å²) in [5.74, 6) is -4.78. The van der Waals surface area contributed by atoms with E-state index in [0.29, 0.717) is 11.6 Å². The third kappa shape index (κ3) is 5.68. The molecule has 2 N–H and O–H groups in total. The second-order valence-corrected chi connectivity index (χ2v) is 5.93. The van der Waals surface area contributed by atoms with Gasteiger partial charge in [-0.3, -0.25) is 4.79 Å². The Morgan fingerprint density at radius 1 is 1.15 bits per heavy atom. The van der Waals surface area contributed by atoms with Crippen LogP contribution in [0.1, 0.15) is 29.0 Å². The number of hydrogen-bond donors (Lipinski definition) is 2. The lowest BCUT2D eigenvalue weighted by Gasteiger charge is -2.23. The third-order valence-electron chi connectivity index (χ3n) is 3.95. The highest BCUT2D eigenvalue weighted by molar-refractivity contribution is 5.70. The fourth-order valence-electron chi connectivity index (χ4n) is 2.67. The van der Waals surface area contributed by atoms with Crippen molar-refractivity contribution in [2.75, 3.05) is 6.61 Å². The van der Waals surface area contributed by atoms with Crippen molar-refractivity contribution in [3.05, 3.63) is 65.0 Å². The fourth-order valence-corrected chi connectivity index (χ4v) is 2.67. The minimum absolute atomic E-state index is 0.0737. The predicted octanol–water partition coefficient (Wildman–Crippen LogP) is 4.06. The summed E-state index contributed by atoms with van der Waals surface area (Å²) in [5, 5.41) is 17.9. The number of halogens is 4. The molecule has 2 aromatic rings. The van der Waals surface area contributed by atoms with Crippen LogP contribution < -0.4 is 4.74 Å². The molecule has 1 unspecified atom stereocenters. The zero-order valence-corrected chi connectivity index (χ0v) is 14.2. The first-order valence-corrected chi connectivity index (χ1v) is 8.10. The first kappa shape index (κ1) is 20.7. The maximum absolute atomic E-state index is 14.2. The summed E-state index contributed by atoms with van der Waals surface area (Å²) >= 11 is 0. The highest BCUT2D eigenvalue weighted by atomic mass is 19.4. The van der Waals surface area contributed by atoms with Gasteiger partial charge in [0, 0.05) is 17.7 Å². The normalized spacial score (nSPS) is 12.6. The minimum Gasteiger partial charge on any atom is -0.489 e. The van der Waals surface area contributed by atoms with Gasteiger partial charge in [-0.1, -0.05) is 30.3 Å². The van der Waals surface area contributed by atoms with E-state index in [2.05, 4.69) is 0 Å². The highest BCUT2D eigenvalue weighted by Crippen LogP contribution is 2.42. The monoisotopic (exact) mass is 386 g/mol. The minimum atomic E-state index is -4.73. The molecule has 0 aromatic heterocycles. The molecular formula is C19H18F4O4. The number of rotatable bonds is 8. The van der Waals surface area contributed by atoms with Gasteiger partial charge in [0.2, 0.25) is 0 Å². The van der Waals surface area contributed by atoms with E-state index in [-0.39, 0.29) is 17.9 Å². The molecule has 0 radical (unpaired) electrons. The van der Waals surface area contributed by atoms with Gasteiger partial charge in [0.25, 0.3) is 0 Å². The maximum Gasteiger partial charge on any atom is 0.395 e. The summed E-state index contributed by atoms with van der Waals surface area (Å²) in [5.41, 5.74) is -0.0726. The van der Waals surface area contributed by atoms with Crippen LogP contribution in [0.2, 0.25) is 0 Å². The number of aliphatic hydroxyl groups is 1. The molecule has 146 valence electrons. The number of aliphatic carboxylic acids is 1. The molecular weight excluding hydrogens is 368 g/mol. The molecule has 0 saturated carbocycles. The van der Waals surface area contributed by atoms with E-state index in [4.69, 9.17) is 14.9 Å². The first-order chi connectivity index (χ1) is 12.7. The third-order valence-corrected chi connectivity index (χ3v) is 3.95. The van der Waals surface area contributed by atoms with Gasteiger partial charge in [-0.05, 0) is 24.1 Å². The van der Waals surface area contributed by atoms with Crippen molar-refractivity contribution in [3.8, 4) is 5.75 Å². The van der Waals surface area contributed by atoms with Crippen molar-refractivity contribution >= 4 is 5.97 Å². The van der Waals surface area contributed by atoms with Gasteiger partial charge in [-0.2, -0.15) is 13.2 Å². The molecule has 1 atom stereocenters. The number of carbonyl (C=O) groups is 1. The van der Waals surface area contributed by atoms with Gasteiger partial charge in [0.15, 0.2) is 0 Å². The number of alkyl halides is 3. The molecule has 2 rings (SSSR count). The lowest BCUT2D eigenvalue weighted by atomic mass is 9.92. The molecule has 0 heterocycles. The summed E-state index contributed by atoms with van der Waals surface area (Å²) in [4.78, 5) is 10.9. The average molecular weight is 386 g/mol. The van der Waals surface area contributed by atoms with Gasteiger partial charge in [0.1, 0.15) is 18.2 Å². The highest BCUT2D eigenvalue weighted by Gasteiger charge is 2.42. The van der Waals surface area contributed by atoms with Crippen molar-refractivity contribution in [2.45, 2.75) is 31.5 Å². The maximum atomic E-state index is 14.2. The summed E-state index contributed by atoms with van der Waals surface area (Å²) in [6.07, 6.45) is -6.08. The molecule has 0 aliphatic heterocycles. The Labute approximate surface area is 153 Å². The lowest BCUT2D eigenvalue weighted by Crippen LogP contribution is -2.23. The summed E-state index contributed by atoms with van der Waals surface area (Å²) in [6, 6.07) is 10.3. The molecule has 8 heteroatoms. The van der Waals surface area contributed by atoms with Gasteiger partial charge in [0.05, 0.1) is 12.3 Å². The van der Waals surface area contributed by atoms with Crippen LogP contribution in [0.5, 0.6) is 5.75 Å². The van der Waals surface area contributed by atoms with Gasteiger partial charge in [-0.15, -0.1) is 0 Å². The van der Waals surface area contributed by atoms with Crippen molar-refractivity contribution < 1.29 is 37.3 Å². The van der Waals surface area contributed by atoms with Gasteiger partial charge in [-0.25, -0.2) is 4.39 Å². The van der Waals surface area contributed by atoms with E-state index >= 15 is 0 Å². The zero-order valence-electron chi connectivity index (χ0n) is 14.2. The molecule has 0 aliphatic rings. The molecule has 4 nitrogen and oxygen atoms in total. The molecule has 0 bridgehead atoms. The Morgan fingerprint density at radius 2 is 1.81 bits per heavy atom. The Morgan fingerprint density at radius 3 is 2.37 bits per heavy atom. The van der Waals surface area contributed by atoms with E-state index in [0.717, 1.165) is 6.07 Å².